The van der Waals surface area contributed by atoms with E-state index in [0.29, 0.717) is 31.5 Å². The molecule has 1 aliphatic heterocycles. The molecular weight excluding hydrogens is 586 g/mol. The molecule has 1 N–H and O–H groups in total. The van der Waals surface area contributed by atoms with Crippen LogP contribution in [0.25, 0.3) is 6.08 Å². The fourth-order valence-electron chi connectivity index (χ4n) is 3.33. The van der Waals surface area contributed by atoms with Crippen LogP contribution in [-0.2, 0) is 16.2 Å². The van der Waals surface area contributed by atoms with Crippen molar-refractivity contribution in [3.8, 4) is 5.75 Å². The first-order chi connectivity index (χ1) is 16.7. The smallest absolute Gasteiger partial charge is 0.335 e. The number of nitrogens with zero attached hydrogens (tertiary/aromatic N) is 2. The first-order valence-corrected chi connectivity index (χ1v) is 11.6. The van der Waals surface area contributed by atoms with E-state index in [-0.39, 0.29) is 17.9 Å². The number of amides is 4. The van der Waals surface area contributed by atoms with Gasteiger partial charge < -0.3 is 4.74 Å². The number of benzene rings is 3. The fourth-order valence-corrected chi connectivity index (χ4v) is 4.71. The van der Waals surface area contributed by atoms with E-state index in [1.165, 1.54) is 18.2 Å². The maximum absolute atomic E-state index is 13.2. The molecule has 0 atom stereocenters. The van der Waals surface area contributed by atoms with Crippen molar-refractivity contribution < 1.29 is 24.0 Å². The van der Waals surface area contributed by atoms with E-state index in [4.69, 9.17) is 4.74 Å². The number of ether oxygens (including phenoxy) is 1. The number of nitrogens with one attached hydrogen (secondary N) is 1. The molecule has 9 nitrogen and oxygen atoms in total. The Kier molecular flexibility index (Phi) is 7.08. The summed E-state index contributed by atoms with van der Waals surface area (Å²) in [5.74, 6) is -1.27. The summed E-state index contributed by atoms with van der Waals surface area (Å²) in [6, 6.07) is 16.7. The largest absolute Gasteiger partial charge is 0.487 e. The Morgan fingerprint density at radius 3 is 2.34 bits per heavy atom. The van der Waals surface area contributed by atoms with Crippen LogP contribution >= 0.6 is 31.9 Å². The molecule has 1 heterocycles. The summed E-state index contributed by atoms with van der Waals surface area (Å²) < 4.78 is 7.14. The second-order valence-electron chi connectivity index (χ2n) is 7.31. The number of carbonyl (C=O) groups excluding carboxylic acids is 3. The number of nitro benzene ring substituents is 1. The van der Waals surface area contributed by atoms with Crippen molar-refractivity contribution in [1.29, 1.82) is 0 Å². The number of para-hydroxylation sites is 1. The Morgan fingerprint density at radius 1 is 1.00 bits per heavy atom. The molecule has 11 heteroatoms. The highest BCUT2D eigenvalue weighted by Crippen LogP contribution is 2.35. The Bertz CT molecular complexity index is 1370. The number of nitro groups is 1. The topological polar surface area (TPSA) is 119 Å². The van der Waals surface area contributed by atoms with E-state index in [1.807, 2.05) is 0 Å². The number of rotatable bonds is 6. The van der Waals surface area contributed by atoms with Crippen LogP contribution in [0, 0.1) is 10.1 Å². The Labute approximate surface area is 215 Å². The van der Waals surface area contributed by atoms with Crippen molar-refractivity contribution in [3.63, 3.8) is 0 Å². The van der Waals surface area contributed by atoms with Gasteiger partial charge in [0, 0.05) is 22.2 Å². The molecule has 1 fully saturated rings. The Morgan fingerprint density at radius 2 is 1.69 bits per heavy atom. The number of non-ortho nitro benzene ring substituents is 1. The molecular formula is C24H15Br2N3O6. The number of hydrogen-bond donors (Lipinski definition) is 1. The van der Waals surface area contributed by atoms with Gasteiger partial charge in [0.1, 0.15) is 17.9 Å². The van der Waals surface area contributed by atoms with Crippen molar-refractivity contribution in [3.05, 3.63) is 102 Å². The normalized spacial score (nSPS) is 14.7. The number of barbiturate groups is 1. The minimum Gasteiger partial charge on any atom is -0.487 e. The monoisotopic (exact) mass is 599 g/mol. The molecule has 0 radical (unpaired) electrons. The van der Waals surface area contributed by atoms with E-state index in [1.54, 1.807) is 54.6 Å². The highest BCUT2D eigenvalue weighted by atomic mass is 79.9. The van der Waals surface area contributed by atoms with Crippen LogP contribution < -0.4 is 15.0 Å². The van der Waals surface area contributed by atoms with E-state index >= 15 is 0 Å². The lowest BCUT2D eigenvalue weighted by Gasteiger charge is -2.26. The second-order valence-corrected chi connectivity index (χ2v) is 9.08. The highest BCUT2D eigenvalue weighted by Gasteiger charge is 2.37. The summed E-state index contributed by atoms with van der Waals surface area (Å²) in [5.41, 5.74) is 1.10. The predicted octanol–water partition coefficient (Wildman–Crippen LogP) is 5.37. The van der Waals surface area contributed by atoms with Gasteiger partial charge in [-0.25, -0.2) is 9.69 Å². The van der Waals surface area contributed by atoms with Gasteiger partial charge in [0.2, 0.25) is 0 Å². The molecule has 1 saturated heterocycles. The summed E-state index contributed by atoms with van der Waals surface area (Å²) in [4.78, 5) is 49.4. The van der Waals surface area contributed by atoms with Gasteiger partial charge in [0.25, 0.3) is 17.5 Å². The highest BCUT2D eigenvalue weighted by molar-refractivity contribution is 9.11. The molecule has 35 heavy (non-hydrogen) atoms. The van der Waals surface area contributed by atoms with Crippen LogP contribution in [-0.4, -0.2) is 22.8 Å². The summed E-state index contributed by atoms with van der Waals surface area (Å²) in [6.45, 7) is 0.0726. The third-order valence-electron chi connectivity index (χ3n) is 4.98. The molecule has 3 aromatic rings. The molecule has 176 valence electrons. The van der Waals surface area contributed by atoms with Crippen LogP contribution in [0.2, 0.25) is 0 Å². The van der Waals surface area contributed by atoms with Gasteiger partial charge in [-0.15, -0.1) is 0 Å². The minimum absolute atomic E-state index is 0.0386. The summed E-state index contributed by atoms with van der Waals surface area (Å²) in [7, 11) is 0. The molecule has 0 saturated carbocycles. The molecule has 0 spiro atoms. The maximum atomic E-state index is 13.2. The fraction of sp³-hybridized carbons (Fsp3) is 0.0417. The van der Waals surface area contributed by atoms with Gasteiger partial charge in [-0.1, -0.05) is 34.1 Å². The van der Waals surface area contributed by atoms with Gasteiger partial charge in [-0.2, -0.15) is 0 Å². The van der Waals surface area contributed by atoms with E-state index < -0.39 is 22.8 Å². The van der Waals surface area contributed by atoms with Crippen molar-refractivity contribution in [2.45, 2.75) is 6.61 Å². The molecule has 1 aliphatic rings. The number of anilines is 1. The number of imide groups is 2. The van der Waals surface area contributed by atoms with Gasteiger partial charge in [-0.05, 0) is 64.0 Å². The van der Waals surface area contributed by atoms with Gasteiger partial charge in [0.05, 0.1) is 15.1 Å². The zero-order valence-electron chi connectivity index (χ0n) is 17.7. The van der Waals surface area contributed by atoms with Crippen LogP contribution in [0.3, 0.4) is 0 Å². The van der Waals surface area contributed by atoms with Crippen LogP contribution in [0.1, 0.15) is 11.1 Å². The zero-order valence-corrected chi connectivity index (χ0v) is 20.9. The van der Waals surface area contributed by atoms with Gasteiger partial charge in [0.15, 0.2) is 0 Å². The second kappa shape index (κ2) is 10.2. The average Bonchev–Trinajstić information content (AvgIpc) is 2.82. The predicted molar refractivity (Wildman–Crippen MR) is 135 cm³/mol. The van der Waals surface area contributed by atoms with Gasteiger partial charge >= 0.3 is 6.03 Å². The number of hydrogen-bond acceptors (Lipinski definition) is 6. The summed E-state index contributed by atoms with van der Waals surface area (Å²) >= 11 is 6.82. The minimum atomic E-state index is -0.839. The molecule has 0 aliphatic carbocycles. The Balaban J connectivity index is 1.67. The number of carbonyl (C=O) groups is 3. The molecule has 4 amide bonds. The van der Waals surface area contributed by atoms with Crippen molar-refractivity contribution in [1.82, 2.24) is 5.32 Å². The lowest BCUT2D eigenvalue weighted by atomic mass is 10.1. The van der Waals surface area contributed by atoms with Crippen molar-refractivity contribution in [2.24, 2.45) is 0 Å². The van der Waals surface area contributed by atoms with E-state index in [0.717, 1.165) is 4.90 Å². The molecule has 0 aromatic heterocycles. The van der Waals surface area contributed by atoms with Crippen molar-refractivity contribution >= 4 is 67.2 Å². The summed E-state index contributed by atoms with van der Waals surface area (Å²) in [6.07, 6.45) is 1.35. The van der Waals surface area contributed by atoms with Crippen LogP contribution in [0.4, 0.5) is 16.2 Å². The molecule has 0 unspecified atom stereocenters. The lowest BCUT2D eigenvalue weighted by molar-refractivity contribution is -0.384. The average molecular weight is 601 g/mol. The van der Waals surface area contributed by atoms with Crippen molar-refractivity contribution in [2.75, 3.05) is 4.90 Å². The SMILES string of the molecule is O=C1NC(=O)N(c2ccccc2)C(=O)/C1=C/c1cc(Br)cc(Br)c1OCc1ccc([N+](=O)[O-])cc1. The Hall–Kier alpha value is -3.83. The van der Waals surface area contributed by atoms with E-state index in [9.17, 15) is 24.5 Å². The summed E-state index contributed by atoms with van der Waals surface area (Å²) in [5, 5.41) is 13.1. The lowest BCUT2D eigenvalue weighted by Crippen LogP contribution is -2.54. The standard InChI is InChI=1S/C24H15Br2N3O6/c25-16-10-15(21(20(26)12-16)35-13-14-6-8-18(9-7-14)29(33)34)11-19-22(30)27-24(32)28(23(19)31)17-4-2-1-3-5-17/h1-12H,13H2,(H,27,30,32)/b19-11+. The molecule has 4 rings (SSSR count). The van der Waals surface area contributed by atoms with Crippen LogP contribution in [0.15, 0.2) is 81.2 Å². The quantitative estimate of drug-likeness (QED) is 0.176. The maximum Gasteiger partial charge on any atom is 0.335 e. The number of urea groups is 1. The third-order valence-corrected chi connectivity index (χ3v) is 6.03. The number of halogens is 2. The zero-order chi connectivity index (χ0) is 25.1. The first kappa shape index (κ1) is 24.3. The van der Waals surface area contributed by atoms with Gasteiger partial charge in [-0.3, -0.25) is 25.0 Å². The van der Waals surface area contributed by atoms with Crippen LogP contribution in [0.5, 0.6) is 5.75 Å². The van der Waals surface area contributed by atoms with E-state index in [2.05, 4.69) is 37.2 Å². The molecule has 3 aromatic carbocycles. The molecule has 0 bridgehead atoms. The third kappa shape index (κ3) is 5.31. The first-order valence-electron chi connectivity index (χ1n) is 10.1.